The van der Waals surface area contributed by atoms with Crippen LogP contribution in [-0.2, 0) is 4.74 Å². The van der Waals surface area contributed by atoms with Crippen LogP contribution >= 0.6 is 15.9 Å². The topological polar surface area (TPSA) is 44.5 Å². The van der Waals surface area contributed by atoms with Crippen molar-refractivity contribution in [3.8, 4) is 5.75 Å². The summed E-state index contributed by atoms with van der Waals surface area (Å²) in [6.45, 7) is 4.93. The molecular weight excluding hydrogens is 306 g/mol. The van der Waals surface area contributed by atoms with E-state index >= 15 is 0 Å². The number of hydrogen-bond donors (Lipinski definition) is 1. The maximum atomic E-state index is 6.46. The Morgan fingerprint density at radius 2 is 2.16 bits per heavy atom. The minimum Gasteiger partial charge on any atom is -0.496 e. The molecule has 106 valence electrons. The highest BCUT2D eigenvalue weighted by Crippen LogP contribution is 2.38. The molecule has 2 atom stereocenters. The summed E-state index contributed by atoms with van der Waals surface area (Å²) in [5, 5.41) is 0. The predicted octanol–water partition coefficient (Wildman–Crippen LogP) is 3.64. The molecule has 3 nitrogen and oxygen atoms in total. The smallest absolute Gasteiger partial charge is 0.126 e. The lowest BCUT2D eigenvalue weighted by Crippen LogP contribution is -2.32. The van der Waals surface area contributed by atoms with Gasteiger partial charge in [0.15, 0.2) is 0 Å². The number of hydrogen-bond acceptors (Lipinski definition) is 3. The standard InChI is InChI=1S/C15H22BrNO2/c1-9-8-11(16)10(2)13(15(9)18-3)14(17)12-6-4-5-7-19-12/h8,12,14H,4-7,17H2,1-3H3. The van der Waals surface area contributed by atoms with Crippen LogP contribution in [0, 0.1) is 13.8 Å². The fraction of sp³-hybridized carbons (Fsp3) is 0.600. The molecule has 1 aliphatic rings. The van der Waals surface area contributed by atoms with Gasteiger partial charge in [-0.15, -0.1) is 0 Å². The maximum Gasteiger partial charge on any atom is 0.126 e. The zero-order chi connectivity index (χ0) is 14.0. The van der Waals surface area contributed by atoms with Crippen molar-refractivity contribution >= 4 is 15.9 Å². The number of halogens is 1. The van der Waals surface area contributed by atoms with Gasteiger partial charge in [0.2, 0.25) is 0 Å². The largest absolute Gasteiger partial charge is 0.496 e. The van der Waals surface area contributed by atoms with Crippen LogP contribution in [0.3, 0.4) is 0 Å². The SMILES string of the molecule is COc1c(C)cc(Br)c(C)c1C(N)C1CCCCO1. The quantitative estimate of drug-likeness (QED) is 0.921. The summed E-state index contributed by atoms with van der Waals surface area (Å²) in [6.07, 6.45) is 3.44. The van der Waals surface area contributed by atoms with Crippen molar-refractivity contribution < 1.29 is 9.47 Å². The molecular formula is C15H22BrNO2. The van der Waals surface area contributed by atoms with E-state index in [9.17, 15) is 0 Å². The molecule has 0 bridgehead atoms. The van der Waals surface area contributed by atoms with Crippen molar-refractivity contribution in [2.24, 2.45) is 5.73 Å². The van der Waals surface area contributed by atoms with Gasteiger partial charge >= 0.3 is 0 Å². The second kappa shape index (κ2) is 6.25. The molecule has 0 radical (unpaired) electrons. The molecule has 0 saturated carbocycles. The lowest BCUT2D eigenvalue weighted by atomic mass is 9.91. The summed E-state index contributed by atoms with van der Waals surface area (Å²) in [7, 11) is 1.70. The van der Waals surface area contributed by atoms with Gasteiger partial charge in [-0.25, -0.2) is 0 Å². The van der Waals surface area contributed by atoms with E-state index in [0.717, 1.165) is 46.4 Å². The molecule has 0 spiro atoms. The molecule has 4 heteroatoms. The van der Waals surface area contributed by atoms with E-state index in [4.69, 9.17) is 15.2 Å². The van der Waals surface area contributed by atoms with Gasteiger partial charge in [0, 0.05) is 16.6 Å². The minimum absolute atomic E-state index is 0.0926. The second-order valence-corrected chi connectivity index (χ2v) is 6.03. The van der Waals surface area contributed by atoms with Crippen LogP contribution in [0.15, 0.2) is 10.5 Å². The lowest BCUT2D eigenvalue weighted by molar-refractivity contribution is -0.000530. The highest BCUT2D eigenvalue weighted by molar-refractivity contribution is 9.10. The number of aryl methyl sites for hydroxylation is 1. The highest BCUT2D eigenvalue weighted by atomic mass is 79.9. The third-order valence-electron chi connectivity index (χ3n) is 3.86. The van der Waals surface area contributed by atoms with Crippen molar-refractivity contribution in [1.29, 1.82) is 0 Å². The van der Waals surface area contributed by atoms with Crippen LogP contribution in [0.4, 0.5) is 0 Å². The Balaban J connectivity index is 2.41. The zero-order valence-electron chi connectivity index (χ0n) is 11.8. The van der Waals surface area contributed by atoms with Crippen LogP contribution in [0.25, 0.3) is 0 Å². The summed E-state index contributed by atoms with van der Waals surface area (Å²) in [5.74, 6) is 0.891. The molecule has 2 unspecified atom stereocenters. The fourth-order valence-corrected chi connectivity index (χ4v) is 3.34. The molecule has 0 amide bonds. The van der Waals surface area contributed by atoms with Crippen molar-refractivity contribution in [2.75, 3.05) is 13.7 Å². The van der Waals surface area contributed by atoms with E-state index in [1.165, 1.54) is 6.42 Å². The van der Waals surface area contributed by atoms with Gasteiger partial charge in [0.25, 0.3) is 0 Å². The first-order valence-electron chi connectivity index (χ1n) is 6.77. The average molecular weight is 328 g/mol. The first-order valence-corrected chi connectivity index (χ1v) is 7.56. The minimum atomic E-state index is -0.133. The Bertz CT molecular complexity index is 456. The normalized spacial score (nSPS) is 21.2. The van der Waals surface area contributed by atoms with Crippen LogP contribution in [-0.4, -0.2) is 19.8 Å². The van der Waals surface area contributed by atoms with Crippen LogP contribution in [0.1, 0.15) is 42.0 Å². The van der Waals surface area contributed by atoms with Crippen molar-refractivity contribution in [1.82, 2.24) is 0 Å². The van der Waals surface area contributed by atoms with Gasteiger partial charge in [0.1, 0.15) is 5.75 Å². The second-order valence-electron chi connectivity index (χ2n) is 5.18. The Morgan fingerprint density at radius 3 is 2.74 bits per heavy atom. The first kappa shape index (κ1) is 14.8. The van der Waals surface area contributed by atoms with Gasteiger partial charge < -0.3 is 15.2 Å². The van der Waals surface area contributed by atoms with E-state index < -0.39 is 0 Å². The first-order chi connectivity index (χ1) is 9.06. The Kier molecular flexibility index (Phi) is 4.87. The van der Waals surface area contributed by atoms with Crippen LogP contribution < -0.4 is 10.5 Å². The Labute approximate surface area is 123 Å². The fourth-order valence-electron chi connectivity index (χ4n) is 2.78. The van der Waals surface area contributed by atoms with Gasteiger partial charge in [-0.05, 0) is 50.3 Å². The predicted molar refractivity (Wildman–Crippen MR) is 80.7 cm³/mol. The van der Waals surface area contributed by atoms with Gasteiger partial charge in [-0.1, -0.05) is 15.9 Å². The van der Waals surface area contributed by atoms with Gasteiger partial charge in [-0.3, -0.25) is 0 Å². The van der Waals surface area contributed by atoms with Crippen molar-refractivity contribution in [2.45, 2.75) is 45.3 Å². The molecule has 1 aromatic rings. The molecule has 2 N–H and O–H groups in total. The summed E-state index contributed by atoms with van der Waals surface area (Å²) >= 11 is 3.60. The van der Waals surface area contributed by atoms with E-state index in [0.29, 0.717) is 0 Å². The van der Waals surface area contributed by atoms with Gasteiger partial charge in [-0.2, -0.15) is 0 Å². The summed E-state index contributed by atoms with van der Waals surface area (Å²) < 4.78 is 12.5. The van der Waals surface area contributed by atoms with Crippen LogP contribution in [0.2, 0.25) is 0 Å². The Morgan fingerprint density at radius 1 is 1.42 bits per heavy atom. The zero-order valence-corrected chi connectivity index (χ0v) is 13.4. The summed E-state index contributed by atoms with van der Waals surface area (Å²) in [4.78, 5) is 0. The number of nitrogens with two attached hydrogens (primary N) is 1. The summed E-state index contributed by atoms with van der Waals surface area (Å²) in [5.41, 5.74) is 9.77. The third-order valence-corrected chi connectivity index (χ3v) is 4.68. The molecule has 1 aliphatic heterocycles. The lowest BCUT2D eigenvalue weighted by Gasteiger charge is -2.30. The van der Waals surface area contributed by atoms with Crippen molar-refractivity contribution in [3.63, 3.8) is 0 Å². The highest BCUT2D eigenvalue weighted by Gasteiger charge is 2.28. The molecule has 1 heterocycles. The average Bonchev–Trinajstić information content (AvgIpc) is 2.42. The number of ether oxygens (including phenoxy) is 2. The van der Waals surface area contributed by atoms with Gasteiger partial charge in [0.05, 0.1) is 19.3 Å². The van der Waals surface area contributed by atoms with Crippen LogP contribution in [0.5, 0.6) is 5.75 Å². The molecule has 19 heavy (non-hydrogen) atoms. The van der Waals surface area contributed by atoms with E-state index in [1.807, 2.05) is 6.92 Å². The molecule has 1 saturated heterocycles. The number of benzene rings is 1. The maximum absolute atomic E-state index is 6.46. The molecule has 2 rings (SSSR count). The summed E-state index contributed by atoms with van der Waals surface area (Å²) in [6, 6.07) is 1.94. The molecule has 0 aliphatic carbocycles. The number of rotatable bonds is 3. The molecule has 1 fully saturated rings. The Hall–Kier alpha value is -0.580. The van der Waals surface area contributed by atoms with E-state index in [1.54, 1.807) is 7.11 Å². The molecule has 0 aromatic heterocycles. The van der Waals surface area contributed by atoms with Crippen molar-refractivity contribution in [3.05, 3.63) is 27.2 Å². The molecule has 1 aromatic carbocycles. The number of methoxy groups -OCH3 is 1. The van der Waals surface area contributed by atoms with E-state index in [-0.39, 0.29) is 12.1 Å². The third kappa shape index (κ3) is 2.96. The monoisotopic (exact) mass is 327 g/mol. The van der Waals surface area contributed by atoms with E-state index in [2.05, 4.69) is 28.9 Å².